The van der Waals surface area contributed by atoms with Crippen molar-refractivity contribution in [2.45, 2.75) is 111 Å². The maximum atomic E-state index is 12.4. The number of rotatable bonds is 32. The van der Waals surface area contributed by atoms with Crippen molar-refractivity contribution >= 4 is 57.0 Å². The summed E-state index contributed by atoms with van der Waals surface area (Å²) in [6.07, 6.45) is 0.764. The van der Waals surface area contributed by atoms with E-state index in [1.165, 1.54) is 27.7 Å². The molecule has 0 bridgehead atoms. The molecule has 0 aliphatic rings. The number of phosphoric acid groups is 2. The van der Waals surface area contributed by atoms with Crippen molar-refractivity contribution in [3.63, 3.8) is 0 Å². The number of carbonyl (C=O) groups is 7. The van der Waals surface area contributed by atoms with Gasteiger partial charge < -0.3 is 45.3 Å². The highest BCUT2D eigenvalue weighted by molar-refractivity contribution is 7.47. The molecule has 22 nitrogen and oxygen atoms in total. The van der Waals surface area contributed by atoms with Crippen molar-refractivity contribution in [2.24, 2.45) is 0 Å². The van der Waals surface area contributed by atoms with Crippen LogP contribution in [0.3, 0.4) is 0 Å². The molecule has 0 aliphatic carbocycles. The van der Waals surface area contributed by atoms with E-state index in [1.807, 2.05) is 0 Å². The molecular weight excluding hydrogens is 790 g/mol. The fourth-order valence-electron chi connectivity index (χ4n) is 4.48. The van der Waals surface area contributed by atoms with E-state index in [0.29, 0.717) is 32.1 Å². The first kappa shape index (κ1) is 52.7. The number of hydrogen-bond acceptors (Lipinski definition) is 16. The molecular formula is C32H58N4O18P2. The Kier molecular flexibility index (Phi) is 27.2. The number of ketones is 2. The SMILES string of the molecule is CC(=O)CC(=O)N[C@H](CCCC[C@@H](C)OC(C)=O)COP(=O)(O)OCCNC(=O)NCCOP(=O)(O)OC[C@@H](COCC[C@@H](C)OC(C)=O)NC(=O)CC(C)=O. The van der Waals surface area contributed by atoms with Gasteiger partial charge in [0.25, 0.3) is 0 Å². The number of carbonyl (C=O) groups excluding carboxylic acids is 7. The van der Waals surface area contributed by atoms with E-state index in [0.717, 1.165) is 0 Å². The van der Waals surface area contributed by atoms with Gasteiger partial charge in [0.2, 0.25) is 11.8 Å². The zero-order chi connectivity index (χ0) is 42.7. The summed E-state index contributed by atoms with van der Waals surface area (Å²) >= 11 is 0. The molecule has 0 saturated heterocycles. The van der Waals surface area contributed by atoms with Gasteiger partial charge in [-0.15, -0.1) is 0 Å². The number of ether oxygens (including phenoxy) is 3. The average Bonchev–Trinajstić information content (AvgIpc) is 3.05. The van der Waals surface area contributed by atoms with Gasteiger partial charge in [0.05, 0.1) is 70.7 Å². The number of Topliss-reactive ketones (excluding diaryl/α,β-unsaturated/α-hetero) is 2. The van der Waals surface area contributed by atoms with Gasteiger partial charge >= 0.3 is 33.6 Å². The van der Waals surface area contributed by atoms with Crippen molar-refractivity contribution in [2.75, 3.05) is 52.7 Å². The first-order valence-corrected chi connectivity index (χ1v) is 20.8. The predicted octanol–water partition coefficient (Wildman–Crippen LogP) is 1.35. The minimum atomic E-state index is -4.69. The lowest BCUT2D eigenvalue weighted by Gasteiger charge is -2.21. The number of urea groups is 1. The molecule has 24 heteroatoms. The molecule has 0 saturated carbocycles. The lowest BCUT2D eigenvalue weighted by atomic mass is 10.1. The summed E-state index contributed by atoms with van der Waals surface area (Å²) in [4.78, 5) is 101. The zero-order valence-electron chi connectivity index (χ0n) is 32.7. The number of unbranched alkanes of at least 4 members (excludes halogenated alkanes) is 1. The third-order valence-electron chi connectivity index (χ3n) is 6.85. The Bertz CT molecular complexity index is 1270. The molecule has 0 radical (unpaired) electrons. The topological polar surface area (TPSA) is 307 Å². The molecule has 0 spiro atoms. The van der Waals surface area contributed by atoms with E-state index >= 15 is 0 Å². The van der Waals surface area contributed by atoms with Gasteiger partial charge in [0.1, 0.15) is 17.7 Å². The molecule has 0 aromatic rings. The van der Waals surface area contributed by atoms with E-state index in [2.05, 4.69) is 21.3 Å². The van der Waals surface area contributed by atoms with E-state index in [4.69, 9.17) is 32.3 Å². The smallest absolute Gasteiger partial charge is 0.463 e. The first-order chi connectivity index (χ1) is 26.1. The molecule has 0 aliphatic heterocycles. The minimum absolute atomic E-state index is 0.113. The van der Waals surface area contributed by atoms with Crippen LogP contribution in [0.15, 0.2) is 0 Å². The second kappa shape index (κ2) is 29.0. The summed E-state index contributed by atoms with van der Waals surface area (Å²) in [5.41, 5.74) is 0. The largest absolute Gasteiger partial charge is 0.472 e. The molecule has 6 N–H and O–H groups in total. The van der Waals surface area contributed by atoms with Crippen LogP contribution in [0.2, 0.25) is 0 Å². The van der Waals surface area contributed by atoms with E-state index in [9.17, 15) is 52.5 Å². The van der Waals surface area contributed by atoms with Crippen LogP contribution < -0.4 is 21.3 Å². The van der Waals surface area contributed by atoms with Gasteiger partial charge in [-0.05, 0) is 47.0 Å². The van der Waals surface area contributed by atoms with Gasteiger partial charge in [0.15, 0.2) is 0 Å². The van der Waals surface area contributed by atoms with Gasteiger partial charge in [-0.25, -0.2) is 13.9 Å². The Hall–Kier alpha value is -3.33. The van der Waals surface area contributed by atoms with Crippen LogP contribution in [0.4, 0.5) is 4.79 Å². The normalized spacial score (nSPS) is 15.4. The summed E-state index contributed by atoms with van der Waals surface area (Å²) in [6, 6.07) is -2.49. The highest BCUT2D eigenvalue weighted by atomic mass is 31.2. The number of nitrogens with one attached hydrogen (secondary N) is 4. The van der Waals surface area contributed by atoms with Crippen LogP contribution >= 0.6 is 15.6 Å². The van der Waals surface area contributed by atoms with Crippen LogP contribution in [0, 0.1) is 0 Å². The summed E-state index contributed by atoms with van der Waals surface area (Å²) in [6.45, 7) is 5.88. The number of esters is 2. The highest BCUT2D eigenvalue weighted by Crippen LogP contribution is 2.43. The fraction of sp³-hybridized carbons (Fsp3) is 0.781. The Morgan fingerprint density at radius 3 is 1.46 bits per heavy atom. The molecule has 0 aromatic heterocycles. The van der Waals surface area contributed by atoms with Crippen LogP contribution in [-0.2, 0) is 70.2 Å². The number of amides is 4. The molecule has 0 fully saturated rings. The average molecular weight is 849 g/mol. The lowest BCUT2D eigenvalue weighted by Crippen LogP contribution is -2.42. The van der Waals surface area contributed by atoms with Crippen LogP contribution in [-0.4, -0.2) is 128 Å². The predicted molar refractivity (Wildman–Crippen MR) is 196 cm³/mol. The third-order valence-corrected chi connectivity index (χ3v) is 8.81. The van der Waals surface area contributed by atoms with Gasteiger partial charge in [-0.2, -0.15) is 0 Å². The van der Waals surface area contributed by atoms with Crippen molar-refractivity contribution < 1.29 is 84.8 Å². The maximum Gasteiger partial charge on any atom is 0.472 e. The Morgan fingerprint density at radius 1 is 0.571 bits per heavy atom. The molecule has 0 heterocycles. The summed E-state index contributed by atoms with van der Waals surface area (Å²) < 4.78 is 59.9. The van der Waals surface area contributed by atoms with E-state index in [-0.39, 0.29) is 44.6 Å². The molecule has 0 rings (SSSR count). The highest BCUT2D eigenvalue weighted by Gasteiger charge is 2.26. The molecule has 56 heavy (non-hydrogen) atoms. The Balaban J connectivity index is 4.66. The van der Waals surface area contributed by atoms with Crippen molar-refractivity contribution in [1.29, 1.82) is 0 Å². The van der Waals surface area contributed by atoms with Crippen LogP contribution in [0.25, 0.3) is 0 Å². The second-order valence-electron chi connectivity index (χ2n) is 12.7. The van der Waals surface area contributed by atoms with Crippen LogP contribution in [0.5, 0.6) is 0 Å². The quantitative estimate of drug-likeness (QED) is 0.0241. The van der Waals surface area contributed by atoms with Crippen LogP contribution in [0.1, 0.15) is 86.5 Å². The summed E-state index contributed by atoms with van der Waals surface area (Å²) in [5.74, 6) is -2.92. The number of hydrogen-bond donors (Lipinski definition) is 6. The monoisotopic (exact) mass is 848 g/mol. The van der Waals surface area contributed by atoms with Crippen molar-refractivity contribution in [3.8, 4) is 0 Å². The molecule has 6 atom stereocenters. The minimum Gasteiger partial charge on any atom is -0.463 e. The van der Waals surface area contributed by atoms with Gasteiger partial charge in [-0.1, -0.05) is 6.42 Å². The Morgan fingerprint density at radius 2 is 1.00 bits per heavy atom. The fourth-order valence-corrected chi connectivity index (χ4v) is 6.01. The molecule has 4 amide bonds. The van der Waals surface area contributed by atoms with Crippen molar-refractivity contribution in [3.05, 3.63) is 0 Å². The summed E-state index contributed by atoms with van der Waals surface area (Å²) in [5, 5.41) is 9.69. The molecule has 2 unspecified atom stereocenters. The molecule has 0 aromatic carbocycles. The van der Waals surface area contributed by atoms with E-state index in [1.54, 1.807) is 13.8 Å². The van der Waals surface area contributed by atoms with Gasteiger partial charge in [-0.3, -0.25) is 46.9 Å². The van der Waals surface area contributed by atoms with E-state index < -0.39 is 102 Å². The summed E-state index contributed by atoms with van der Waals surface area (Å²) in [7, 11) is -9.33. The third kappa shape index (κ3) is 31.8. The lowest BCUT2D eigenvalue weighted by molar-refractivity contribution is -0.147. The first-order valence-electron chi connectivity index (χ1n) is 17.8. The molecule has 324 valence electrons. The van der Waals surface area contributed by atoms with Crippen molar-refractivity contribution in [1.82, 2.24) is 21.3 Å². The maximum absolute atomic E-state index is 12.4. The standard InChI is InChI=1S/C32H58N4O18P2/c1-22(37)17-30(41)35-28(10-8-7-9-24(3)53-26(5)39)20-51-55(44,45)49-15-12-33-32(43)34-13-16-50-56(46,47)52-21-29(36-31(42)18-23(2)38)19-48-14-11-25(4)54-27(6)40/h24-25,28-29H,7-21H2,1-6H3,(H,35,41)(H,36,42)(H,44,45)(H,46,47)(H2,33,34,43)/t24-,25-,28-,29-/m1/s1. The van der Waals surface area contributed by atoms with Gasteiger partial charge in [0, 0.05) is 33.4 Å². The zero-order valence-corrected chi connectivity index (χ0v) is 34.5. The second-order valence-corrected chi connectivity index (χ2v) is 15.6. The Labute approximate surface area is 326 Å². The number of phosphoric ester groups is 2.